The molecule has 82 valence electrons. The van der Waals surface area contributed by atoms with Crippen LogP contribution in [-0.2, 0) is 4.79 Å². The van der Waals surface area contributed by atoms with Crippen molar-refractivity contribution in [2.75, 3.05) is 0 Å². The van der Waals surface area contributed by atoms with Gasteiger partial charge in [-0.15, -0.1) is 0 Å². The number of carboxylic acid groups (broad SMARTS) is 1. The van der Waals surface area contributed by atoms with Crippen molar-refractivity contribution < 1.29 is 9.90 Å². The van der Waals surface area contributed by atoms with Crippen molar-refractivity contribution in [3.8, 4) is 0 Å². The number of aliphatic carboxylic acids is 1. The number of aryl methyl sites for hydroxylation is 2. The summed E-state index contributed by atoms with van der Waals surface area (Å²) in [4.78, 5) is 10.5. The van der Waals surface area contributed by atoms with E-state index in [-0.39, 0.29) is 6.42 Å². The van der Waals surface area contributed by atoms with Gasteiger partial charge in [0.05, 0.1) is 0 Å². The summed E-state index contributed by atoms with van der Waals surface area (Å²) in [7, 11) is 0. The average Bonchev–Trinajstić information content (AvgIpc) is 2.12. The fraction of sp³-hybridized carbons (Fsp3) is 0.462. The highest BCUT2D eigenvalue weighted by Gasteiger charge is 2.08. The fourth-order valence-electron chi connectivity index (χ4n) is 1.80. The molecule has 15 heavy (non-hydrogen) atoms. The minimum absolute atomic E-state index is 0.244. The summed E-state index contributed by atoms with van der Waals surface area (Å²) in [5.41, 5.74) is 3.73. The fourth-order valence-corrected chi connectivity index (χ4v) is 1.80. The summed E-state index contributed by atoms with van der Waals surface area (Å²) < 4.78 is 0. The maximum Gasteiger partial charge on any atom is 0.303 e. The molecule has 1 N–H and O–H groups in total. The lowest BCUT2D eigenvalue weighted by molar-refractivity contribution is -0.137. The van der Waals surface area contributed by atoms with Crippen LogP contribution in [-0.4, -0.2) is 11.1 Å². The van der Waals surface area contributed by atoms with E-state index in [1.54, 1.807) is 0 Å². The molecule has 0 spiro atoms. The first-order valence-electron chi connectivity index (χ1n) is 5.29. The number of hydrogen-bond acceptors (Lipinski definition) is 1. The zero-order chi connectivity index (χ0) is 11.4. The molecule has 0 saturated heterocycles. The van der Waals surface area contributed by atoms with E-state index in [0.29, 0.717) is 12.3 Å². The Balaban J connectivity index is 2.72. The second kappa shape index (κ2) is 4.96. The van der Waals surface area contributed by atoms with Crippen LogP contribution < -0.4 is 0 Å². The van der Waals surface area contributed by atoms with Crippen molar-refractivity contribution >= 4 is 5.97 Å². The lowest BCUT2D eigenvalue weighted by Gasteiger charge is -2.12. The highest BCUT2D eigenvalue weighted by atomic mass is 16.4. The van der Waals surface area contributed by atoms with Gasteiger partial charge in [0.15, 0.2) is 0 Å². The molecule has 2 heteroatoms. The van der Waals surface area contributed by atoms with Gasteiger partial charge < -0.3 is 5.11 Å². The maximum absolute atomic E-state index is 10.5. The normalized spacial score (nSPS) is 12.5. The molecule has 1 aromatic carbocycles. The monoisotopic (exact) mass is 206 g/mol. The number of rotatable bonds is 4. The van der Waals surface area contributed by atoms with Crippen LogP contribution in [0.5, 0.6) is 0 Å². The quantitative estimate of drug-likeness (QED) is 0.820. The van der Waals surface area contributed by atoms with Gasteiger partial charge in [0.2, 0.25) is 0 Å². The molecule has 1 atom stereocenters. The van der Waals surface area contributed by atoms with Crippen LogP contribution >= 0.6 is 0 Å². The van der Waals surface area contributed by atoms with Crippen LogP contribution in [0.25, 0.3) is 0 Å². The van der Waals surface area contributed by atoms with Crippen LogP contribution in [0.2, 0.25) is 0 Å². The summed E-state index contributed by atoms with van der Waals surface area (Å²) in [5, 5.41) is 8.62. The molecule has 0 aliphatic carbocycles. The number of carbonyl (C=O) groups is 1. The van der Waals surface area contributed by atoms with E-state index in [2.05, 4.69) is 39.0 Å². The summed E-state index contributed by atoms with van der Waals surface area (Å²) in [5.74, 6) is -0.397. The lowest BCUT2D eigenvalue weighted by atomic mass is 9.93. The van der Waals surface area contributed by atoms with Gasteiger partial charge >= 0.3 is 5.97 Å². The van der Waals surface area contributed by atoms with Crippen molar-refractivity contribution in [2.24, 2.45) is 0 Å². The molecule has 0 aliphatic rings. The van der Waals surface area contributed by atoms with Crippen LogP contribution in [0.1, 0.15) is 42.4 Å². The van der Waals surface area contributed by atoms with Gasteiger partial charge in [0.25, 0.3) is 0 Å². The van der Waals surface area contributed by atoms with Crippen LogP contribution in [0.3, 0.4) is 0 Å². The molecule has 0 aromatic heterocycles. The van der Waals surface area contributed by atoms with E-state index in [4.69, 9.17) is 5.11 Å². The van der Waals surface area contributed by atoms with Gasteiger partial charge in [-0.25, -0.2) is 0 Å². The van der Waals surface area contributed by atoms with Crippen molar-refractivity contribution in [3.05, 3.63) is 34.9 Å². The Kier molecular flexibility index (Phi) is 3.89. The minimum atomic E-state index is -0.716. The topological polar surface area (TPSA) is 37.3 Å². The molecule has 0 heterocycles. The number of hydrogen-bond donors (Lipinski definition) is 1. The van der Waals surface area contributed by atoms with Crippen molar-refractivity contribution in [1.82, 2.24) is 0 Å². The molecule has 0 amide bonds. The molecule has 1 aromatic rings. The largest absolute Gasteiger partial charge is 0.481 e. The maximum atomic E-state index is 10.5. The van der Waals surface area contributed by atoms with Gasteiger partial charge in [-0.3, -0.25) is 4.79 Å². The molecule has 0 fully saturated rings. The smallest absolute Gasteiger partial charge is 0.303 e. The molecule has 0 radical (unpaired) electrons. The third-order valence-corrected chi connectivity index (χ3v) is 2.60. The average molecular weight is 206 g/mol. The first-order chi connectivity index (χ1) is 6.99. The first kappa shape index (κ1) is 11.8. The van der Waals surface area contributed by atoms with Crippen molar-refractivity contribution in [2.45, 2.75) is 39.5 Å². The summed E-state index contributed by atoms with van der Waals surface area (Å²) in [6.07, 6.45) is 0.951. The Morgan fingerprint density at radius 3 is 2.27 bits per heavy atom. The summed E-state index contributed by atoms with van der Waals surface area (Å²) in [6, 6.07) is 6.41. The van der Waals surface area contributed by atoms with Crippen molar-refractivity contribution in [1.29, 1.82) is 0 Å². The molecule has 1 unspecified atom stereocenters. The highest BCUT2D eigenvalue weighted by Crippen LogP contribution is 2.22. The van der Waals surface area contributed by atoms with E-state index < -0.39 is 5.97 Å². The zero-order valence-electron chi connectivity index (χ0n) is 9.58. The predicted octanol–water partition coefficient (Wildman–Crippen LogP) is 3.27. The molecule has 1 rings (SSSR count). The molecule has 2 nitrogen and oxygen atoms in total. The third kappa shape index (κ3) is 3.74. The van der Waals surface area contributed by atoms with Crippen molar-refractivity contribution in [3.63, 3.8) is 0 Å². The molecule has 0 saturated carbocycles. The minimum Gasteiger partial charge on any atom is -0.481 e. The Hall–Kier alpha value is -1.31. The van der Waals surface area contributed by atoms with Gasteiger partial charge in [0, 0.05) is 6.42 Å². The van der Waals surface area contributed by atoms with Crippen LogP contribution in [0.15, 0.2) is 18.2 Å². The van der Waals surface area contributed by atoms with E-state index in [1.165, 1.54) is 16.7 Å². The van der Waals surface area contributed by atoms with E-state index in [0.717, 1.165) is 0 Å². The Morgan fingerprint density at radius 1 is 1.27 bits per heavy atom. The van der Waals surface area contributed by atoms with E-state index in [9.17, 15) is 4.79 Å². The Bertz CT molecular complexity index is 335. The molecule has 0 bridgehead atoms. The number of benzene rings is 1. The SMILES string of the molecule is Cc1cc(C)cc(C(C)CCC(=O)O)c1. The zero-order valence-corrected chi connectivity index (χ0v) is 9.58. The van der Waals surface area contributed by atoms with E-state index in [1.807, 2.05) is 0 Å². The predicted molar refractivity (Wildman–Crippen MR) is 61.2 cm³/mol. The third-order valence-electron chi connectivity index (χ3n) is 2.60. The van der Waals surface area contributed by atoms with Gasteiger partial charge in [-0.1, -0.05) is 36.2 Å². The standard InChI is InChI=1S/C13H18O2/c1-9-6-10(2)8-12(7-9)11(3)4-5-13(14)15/h6-8,11H,4-5H2,1-3H3,(H,14,15). The second-order valence-corrected chi connectivity index (χ2v) is 4.25. The van der Waals surface area contributed by atoms with Gasteiger partial charge in [-0.05, 0) is 31.7 Å². The second-order valence-electron chi connectivity index (χ2n) is 4.25. The van der Waals surface area contributed by atoms with Crippen LogP contribution in [0.4, 0.5) is 0 Å². The Morgan fingerprint density at radius 2 is 1.80 bits per heavy atom. The lowest BCUT2D eigenvalue weighted by Crippen LogP contribution is -2.00. The van der Waals surface area contributed by atoms with Gasteiger partial charge in [-0.2, -0.15) is 0 Å². The number of carboxylic acids is 1. The van der Waals surface area contributed by atoms with E-state index >= 15 is 0 Å². The molecular weight excluding hydrogens is 188 g/mol. The first-order valence-corrected chi connectivity index (χ1v) is 5.29. The summed E-state index contributed by atoms with van der Waals surface area (Å²) >= 11 is 0. The van der Waals surface area contributed by atoms with Gasteiger partial charge in [0.1, 0.15) is 0 Å². The molecular formula is C13H18O2. The summed E-state index contributed by atoms with van der Waals surface area (Å²) in [6.45, 7) is 6.22. The molecule has 0 aliphatic heterocycles. The highest BCUT2D eigenvalue weighted by molar-refractivity contribution is 5.66. The Labute approximate surface area is 90.9 Å². The van der Waals surface area contributed by atoms with Crippen LogP contribution in [0, 0.1) is 13.8 Å².